The molecule has 0 bridgehead atoms. The molecular formula is C16H33N3O2. The summed E-state index contributed by atoms with van der Waals surface area (Å²) >= 11 is 0. The van der Waals surface area contributed by atoms with E-state index >= 15 is 0 Å². The van der Waals surface area contributed by atoms with Gasteiger partial charge in [-0.05, 0) is 37.6 Å². The van der Waals surface area contributed by atoms with Crippen LogP contribution in [0.4, 0.5) is 4.79 Å². The number of urea groups is 1. The molecule has 3 N–H and O–H groups in total. The molecule has 1 unspecified atom stereocenters. The molecule has 124 valence electrons. The second-order valence-corrected chi connectivity index (χ2v) is 6.90. The third-order valence-corrected chi connectivity index (χ3v) is 4.16. The molecule has 0 aliphatic carbocycles. The molecule has 0 aromatic heterocycles. The van der Waals surface area contributed by atoms with Crippen LogP contribution in [0.5, 0.6) is 0 Å². The lowest BCUT2D eigenvalue weighted by Crippen LogP contribution is -2.48. The maximum absolute atomic E-state index is 12.0. The smallest absolute Gasteiger partial charge is 0.315 e. The molecule has 1 rings (SSSR count). The quantitative estimate of drug-likeness (QED) is 0.640. The van der Waals surface area contributed by atoms with E-state index in [1.54, 1.807) is 0 Å². The van der Waals surface area contributed by atoms with Crippen LogP contribution in [0, 0.1) is 11.8 Å². The number of aliphatic hydroxyl groups excluding tert-OH is 1. The highest BCUT2D eigenvalue weighted by Crippen LogP contribution is 2.17. The number of hydrogen-bond donors (Lipinski definition) is 3. The van der Waals surface area contributed by atoms with Gasteiger partial charge in [-0.2, -0.15) is 0 Å². The fraction of sp³-hybridized carbons (Fsp3) is 0.938. The van der Waals surface area contributed by atoms with E-state index in [4.69, 9.17) is 5.11 Å². The largest absolute Gasteiger partial charge is 0.396 e. The molecule has 0 aromatic rings. The molecule has 1 saturated heterocycles. The average molecular weight is 299 g/mol. The standard InChI is InChI=1S/C16H33N3O2/c1-12(2)11-19-8-5-6-14(19)10-17-16(21)18-15(7-9-20)13(3)4/h12-15,20H,5-11H2,1-4H3,(H2,17,18,21)/t14-,15?/m0/s1. The lowest BCUT2D eigenvalue weighted by molar-refractivity contribution is 0.204. The number of hydrogen-bond acceptors (Lipinski definition) is 3. The van der Waals surface area contributed by atoms with E-state index in [2.05, 4.69) is 43.2 Å². The number of nitrogens with zero attached hydrogens (tertiary/aromatic N) is 1. The summed E-state index contributed by atoms with van der Waals surface area (Å²) in [5.41, 5.74) is 0. The van der Waals surface area contributed by atoms with Crippen LogP contribution < -0.4 is 10.6 Å². The fourth-order valence-electron chi connectivity index (χ4n) is 2.98. The van der Waals surface area contributed by atoms with Gasteiger partial charge in [0, 0.05) is 31.8 Å². The van der Waals surface area contributed by atoms with Gasteiger partial charge < -0.3 is 15.7 Å². The number of likely N-dealkylation sites (tertiary alicyclic amines) is 1. The predicted molar refractivity (Wildman–Crippen MR) is 86.3 cm³/mol. The molecule has 5 heteroatoms. The van der Waals surface area contributed by atoms with E-state index in [0.29, 0.717) is 30.8 Å². The van der Waals surface area contributed by atoms with Gasteiger partial charge >= 0.3 is 6.03 Å². The average Bonchev–Trinajstić information content (AvgIpc) is 2.82. The van der Waals surface area contributed by atoms with E-state index in [1.165, 1.54) is 6.42 Å². The minimum atomic E-state index is -0.112. The van der Waals surface area contributed by atoms with Crippen molar-refractivity contribution in [3.63, 3.8) is 0 Å². The van der Waals surface area contributed by atoms with Crippen molar-refractivity contribution in [3.8, 4) is 0 Å². The van der Waals surface area contributed by atoms with E-state index < -0.39 is 0 Å². The first-order chi connectivity index (χ1) is 9.93. The topological polar surface area (TPSA) is 64.6 Å². The summed E-state index contributed by atoms with van der Waals surface area (Å²) in [5.74, 6) is 0.987. The zero-order chi connectivity index (χ0) is 15.8. The zero-order valence-corrected chi connectivity index (χ0v) is 14.1. The minimum absolute atomic E-state index is 0.0327. The summed E-state index contributed by atoms with van der Waals surface area (Å²) in [6.07, 6.45) is 2.99. The summed E-state index contributed by atoms with van der Waals surface area (Å²) in [5, 5.41) is 15.0. The Hall–Kier alpha value is -0.810. The van der Waals surface area contributed by atoms with E-state index in [9.17, 15) is 4.79 Å². The van der Waals surface area contributed by atoms with Gasteiger partial charge in [0.1, 0.15) is 0 Å². The Kier molecular flexibility index (Phi) is 8.04. The first-order valence-electron chi connectivity index (χ1n) is 8.33. The third kappa shape index (κ3) is 6.66. The maximum Gasteiger partial charge on any atom is 0.315 e. The van der Waals surface area contributed by atoms with Crippen LogP contribution in [0.15, 0.2) is 0 Å². The summed E-state index contributed by atoms with van der Waals surface area (Å²) in [7, 11) is 0. The Labute approximate surface area is 129 Å². The van der Waals surface area contributed by atoms with Crippen LogP contribution >= 0.6 is 0 Å². The molecular weight excluding hydrogens is 266 g/mol. The van der Waals surface area contributed by atoms with Gasteiger partial charge in [-0.1, -0.05) is 27.7 Å². The van der Waals surface area contributed by atoms with Crippen LogP contribution in [0.2, 0.25) is 0 Å². The van der Waals surface area contributed by atoms with Gasteiger partial charge in [0.2, 0.25) is 0 Å². The molecule has 5 nitrogen and oxygen atoms in total. The molecule has 2 atom stereocenters. The Bertz CT molecular complexity index is 308. The molecule has 0 radical (unpaired) electrons. The van der Waals surface area contributed by atoms with Crippen LogP contribution in [0.3, 0.4) is 0 Å². The molecule has 0 aromatic carbocycles. The van der Waals surface area contributed by atoms with Crippen molar-refractivity contribution in [3.05, 3.63) is 0 Å². The molecule has 2 amide bonds. The SMILES string of the molecule is CC(C)CN1CCC[C@H]1CNC(=O)NC(CCO)C(C)C. The van der Waals surface area contributed by atoms with Crippen molar-refractivity contribution in [2.75, 3.05) is 26.2 Å². The summed E-state index contributed by atoms with van der Waals surface area (Å²) in [4.78, 5) is 14.5. The Balaban J connectivity index is 2.34. The summed E-state index contributed by atoms with van der Waals surface area (Å²) in [6, 6.07) is 0.386. The number of nitrogens with one attached hydrogen (secondary N) is 2. The first-order valence-corrected chi connectivity index (χ1v) is 8.33. The first kappa shape index (κ1) is 18.2. The Morgan fingerprint density at radius 2 is 2.05 bits per heavy atom. The number of aliphatic hydroxyl groups is 1. The maximum atomic E-state index is 12.0. The highest BCUT2D eigenvalue weighted by molar-refractivity contribution is 5.74. The van der Waals surface area contributed by atoms with Crippen molar-refractivity contribution < 1.29 is 9.90 Å². The van der Waals surface area contributed by atoms with Crippen molar-refractivity contribution in [2.24, 2.45) is 11.8 Å². The molecule has 1 aliphatic heterocycles. The van der Waals surface area contributed by atoms with Gasteiger partial charge in [0.15, 0.2) is 0 Å². The van der Waals surface area contributed by atoms with Crippen molar-refractivity contribution >= 4 is 6.03 Å². The van der Waals surface area contributed by atoms with Gasteiger partial charge in [0.05, 0.1) is 0 Å². The van der Waals surface area contributed by atoms with Crippen LogP contribution in [-0.4, -0.2) is 54.4 Å². The molecule has 21 heavy (non-hydrogen) atoms. The molecule has 0 spiro atoms. The summed E-state index contributed by atoms with van der Waals surface area (Å²) < 4.78 is 0. The second-order valence-electron chi connectivity index (χ2n) is 6.90. The van der Waals surface area contributed by atoms with E-state index in [-0.39, 0.29) is 18.7 Å². The molecule has 0 saturated carbocycles. The Morgan fingerprint density at radius 3 is 2.62 bits per heavy atom. The van der Waals surface area contributed by atoms with Crippen molar-refractivity contribution in [1.82, 2.24) is 15.5 Å². The highest BCUT2D eigenvalue weighted by atomic mass is 16.3. The minimum Gasteiger partial charge on any atom is -0.396 e. The lowest BCUT2D eigenvalue weighted by Gasteiger charge is -2.27. The van der Waals surface area contributed by atoms with Gasteiger partial charge in [-0.15, -0.1) is 0 Å². The monoisotopic (exact) mass is 299 g/mol. The van der Waals surface area contributed by atoms with Crippen molar-refractivity contribution in [1.29, 1.82) is 0 Å². The lowest BCUT2D eigenvalue weighted by atomic mass is 10.0. The summed E-state index contributed by atoms with van der Waals surface area (Å²) in [6.45, 7) is 11.6. The zero-order valence-electron chi connectivity index (χ0n) is 14.1. The number of amides is 2. The van der Waals surface area contributed by atoms with Crippen molar-refractivity contribution in [2.45, 2.75) is 59.0 Å². The van der Waals surface area contributed by atoms with E-state index in [1.807, 2.05) is 0 Å². The normalized spacial score (nSPS) is 21.0. The molecule has 1 fully saturated rings. The predicted octanol–water partition coefficient (Wildman–Crippen LogP) is 1.81. The van der Waals surface area contributed by atoms with Crippen LogP contribution in [-0.2, 0) is 0 Å². The highest BCUT2D eigenvalue weighted by Gasteiger charge is 2.25. The molecule has 1 heterocycles. The fourth-order valence-corrected chi connectivity index (χ4v) is 2.98. The molecule has 1 aliphatic rings. The van der Waals surface area contributed by atoms with Crippen LogP contribution in [0.25, 0.3) is 0 Å². The van der Waals surface area contributed by atoms with E-state index in [0.717, 1.165) is 19.5 Å². The number of carbonyl (C=O) groups is 1. The number of rotatable bonds is 8. The van der Waals surface area contributed by atoms with Crippen LogP contribution in [0.1, 0.15) is 47.0 Å². The Morgan fingerprint density at radius 1 is 1.33 bits per heavy atom. The third-order valence-electron chi connectivity index (χ3n) is 4.16. The van der Waals surface area contributed by atoms with Gasteiger partial charge in [-0.3, -0.25) is 4.90 Å². The van der Waals surface area contributed by atoms with Gasteiger partial charge in [-0.25, -0.2) is 4.79 Å². The van der Waals surface area contributed by atoms with Gasteiger partial charge in [0.25, 0.3) is 0 Å². The second kappa shape index (κ2) is 9.26. The number of carbonyl (C=O) groups excluding carboxylic acids is 1.